The fourth-order valence-electron chi connectivity index (χ4n) is 6.28. The Bertz CT molecular complexity index is 1830. The van der Waals surface area contributed by atoms with Crippen LogP contribution in [-0.2, 0) is 16.8 Å². The fourth-order valence-corrected chi connectivity index (χ4v) is 6.28. The zero-order valence-corrected chi connectivity index (χ0v) is 23.2. The lowest BCUT2D eigenvalue weighted by atomic mass is 9.77. The van der Waals surface area contributed by atoms with E-state index < -0.39 is 5.60 Å². The van der Waals surface area contributed by atoms with E-state index in [1.165, 1.54) is 16.7 Å². The van der Waals surface area contributed by atoms with E-state index in [4.69, 9.17) is 9.47 Å². The first-order chi connectivity index (χ1) is 20.0. The second kappa shape index (κ2) is 9.56. The van der Waals surface area contributed by atoms with Crippen LogP contribution in [0.2, 0.25) is 0 Å². The molecule has 0 amide bonds. The fraction of sp³-hybridized carbons (Fsp3) is 0.139. The van der Waals surface area contributed by atoms with E-state index in [0.717, 1.165) is 45.9 Å². The predicted octanol–water partition coefficient (Wildman–Crippen LogP) is 8.92. The maximum absolute atomic E-state index is 13.3. The summed E-state index contributed by atoms with van der Waals surface area (Å²) in [7, 11) is 0. The summed E-state index contributed by atoms with van der Waals surface area (Å²) >= 11 is 0. The van der Waals surface area contributed by atoms with Gasteiger partial charge in [-0.15, -0.1) is 0 Å². The Labute approximate surface area is 239 Å². The molecule has 202 valence electrons. The molecular formula is C36H30N2O3. The Hall–Kier alpha value is -5.03. The molecule has 1 unspecified atom stereocenters. The minimum atomic E-state index is -1.14. The molecule has 0 saturated carbocycles. The van der Waals surface area contributed by atoms with Gasteiger partial charge in [0.1, 0.15) is 11.5 Å². The van der Waals surface area contributed by atoms with Crippen molar-refractivity contribution in [3.8, 4) is 11.5 Å². The standard InChI is InChI=1S/C36H30N2O3/c1-4-25-22(2)23(3)30(37-24-13-6-5-7-14-24)21-31(25)38-29-18-12-20-33-34(29)36(28-17-10-11-19-32(28)40-33)27-16-9-8-15-26(27)35(39)41-36/h5-21,37-38H,4H2,1-3H3. The van der Waals surface area contributed by atoms with Gasteiger partial charge in [0.05, 0.1) is 16.8 Å². The zero-order valence-electron chi connectivity index (χ0n) is 23.2. The van der Waals surface area contributed by atoms with E-state index in [1.807, 2.05) is 84.9 Å². The number of hydrogen-bond donors (Lipinski definition) is 2. The van der Waals surface area contributed by atoms with Gasteiger partial charge in [0.15, 0.2) is 5.60 Å². The van der Waals surface area contributed by atoms with Crippen molar-refractivity contribution in [3.63, 3.8) is 0 Å². The molecule has 2 N–H and O–H groups in total. The molecule has 2 aliphatic rings. The van der Waals surface area contributed by atoms with Crippen LogP contribution in [0.3, 0.4) is 0 Å². The smallest absolute Gasteiger partial charge is 0.340 e. The topological polar surface area (TPSA) is 59.6 Å². The van der Waals surface area contributed by atoms with E-state index in [2.05, 4.69) is 49.6 Å². The van der Waals surface area contributed by atoms with Crippen LogP contribution < -0.4 is 15.4 Å². The normalized spacial score (nSPS) is 16.3. The van der Waals surface area contributed by atoms with E-state index in [0.29, 0.717) is 17.1 Å². The van der Waals surface area contributed by atoms with Crippen molar-refractivity contribution >= 4 is 28.7 Å². The summed E-state index contributed by atoms with van der Waals surface area (Å²) < 4.78 is 12.9. The molecule has 1 spiro atoms. The summed E-state index contributed by atoms with van der Waals surface area (Å²) in [5.41, 5.74) is 9.39. The number of nitrogens with one attached hydrogen (secondary N) is 2. The summed E-state index contributed by atoms with van der Waals surface area (Å²) in [6, 6.07) is 33.8. The largest absolute Gasteiger partial charge is 0.456 e. The van der Waals surface area contributed by atoms with Crippen molar-refractivity contribution in [1.82, 2.24) is 0 Å². The highest BCUT2D eigenvalue weighted by molar-refractivity contribution is 5.97. The number of ether oxygens (including phenoxy) is 2. The average molecular weight is 539 g/mol. The molecule has 5 heteroatoms. The summed E-state index contributed by atoms with van der Waals surface area (Å²) in [6.07, 6.45) is 0.859. The van der Waals surface area contributed by atoms with Gasteiger partial charge in [0.2, 0.25) is 0 Å². The van der Waals surface area contributed by atoms with Crippen molar-refractivity contribution in [2.75, 3.05) is 10.6 Å². The van der Waals surface area contributed by atoms with E-state index >= 15 is 0 Å². The number of esters is 1. The molecule has 0 radical (unpaired) electrons. The summed E-state index contributed by atoms with van der Waals surface area (Å²) in [4.78, 5) is 13.3. The van der Waals surface area contributed by atoms with Crippen LogP contribution >= 0.6 is 0 Å². The molecule has 2 heterocycles. The van der Waals surface area contributed by atoms with Crippen molar-refractivity contribution in [1.29, 1.82) is 0 Å². The van der Waals surface area contributed by atoms with Crippen LogP contribution in [0.15, 0.2) is 103 Å². The van der Waals surface area contributed by atoms with Gasteiger partial charge in [0, 0.05) is 28.2 Å². The van der Waals surface area contributed by atoms with Crippen molar-refractivity contribution in [2.45, 2.75) is 32.8 Å². The highest BCUT2D eigenvalue weighted by Gasteiger charge is 2.54. The lowest BCUT2D eigenvalue weighted by Gasteiger charge is -2.38. The molecule has 5 aromatic rings. The van der Waals surface area contributed by atoms with E-state index in [-0.39, 0.29) is 5.97 Å². The molecule has 7 rings (SSSR count). The molecule has 2 aliphatic heterocycles. The predicted molar refractivity (Wildman–Crippen MR) is 163 cm³/mol. The van der Waals surface area contributed by atoms with Crippen LogP contribution in [0.1, 0.15) is 50.7 Å². The highest BCUT2D eigenvalue weighted by Crippen LogP contribution is 2.58. The van der Waals surface area contributed by atoms with Gasteiger partial charge >= 0.3 is 5.97 Å². The van der Waals surface area contributed by atoms with Gasteiger partial charge in [-0.25, -0.2) is 4.79 Å². The third-order valence-corrected chi connectivity index (χ3v) is 8.35. The average Bonchev–Trinajstić information content (AvgIpc) is 3.29. The summed E-state index contributed by atoms with van der Waals surface area (Å²) in [5.74, 6) is 0.993. The van der Waals surface area contributed by atoms with Gasteiger partial charge in [-0.2, -0.15) is 0 Å². The Kier molecular flexibility index (Phi) is 5.82. The zero-order chi connectivity index (χ0) is 28.1. The third-order valence-electron chi connectivity index (χ3n) is 8.35. The minimum absolute atomic E-state index is 0.340. The first kappa shape index (κ1) is 25.0. The maximum Gasteiger partial charge on any atom is 0.340 e. The number of hydrogen-bond acceptors (Lipinski definition) is 5. The SMILES string of the molecule is CCc1c(Nc2cccc3c2C2(OC(=O)c4ccccc42)c2ccccc2O3)cc(Nc2ccccc2)c(C)c1C. The number of carbonyl (C=O) groups excluding carboxylic acids is 1. The van der Waals surface area contributed by atoms with Crippen molar-refractivity contribution in [3.05, 3.63) is 142 Å². The highest BCUT2D eigenvalue weighted by atomic mass is 16.6. The minimum Gasteiger partial charge on any atom is -0.456 e. The Balaban J connectivity index is 1.42. The Morgan fingerprint density at radius 3 is 2.20 bits per heavy atom. The number of para-hydroxylation sites is 2. The van der Waals surface area contributed by atoms with Crippen molar-refractivity contribution < 1.29 is 14.3 Å². The van der Waals surface area contributed by atoms with Gasteiger partial charge in [-0.1, -0.05) is 67.6 Å². The van der Waals surface area contributed by atoms with Gasteiger partial charge in [-0.05, 0) is 79.4 Å². The molecule has 5 nitrogen and oxygen atoms in total. The Morgan fingerprint density at radius 2 is 1.39 bits per heavy atom. The summed E-state index contributed by atoms with van der Waals surface area (Å²) in [6.45, 7) is 6.50. The molecular weight excluding hydrogens is 508 g/mol. The third kappa shape index (κ3) is 3.80. The number of benzene rings is 5. The monoisotopic (exact) mass is 538 g/mol. The second-order valence-corrected chi connectivity index (χ2v) is 10.6. The number of anilines is 4. The van der Waals surface area contributed by atoms with Gasteiger partial charge in [0.25, 0.3) is 0 Å². The van der Waals surface area contributed by atoms with Crippen LogP contribution in [0.4, 0.5) is 22.7 Å². The lowest BCUT2D eigenvalue weighted by molar-refractivity contribution is 0.0227. The van der Waals surface area contributed by atoms with Crippen LogP contribution in [-0.4, -0.2) is 5.97 Å². The first-order valence-electron chi connectivity index (χ1n) is 14.0. The molecule has 0 fully saturated rings. The molecule has 0 bridgehead atoms. The molecule has 0 saturated heterocycles. The molecule has 0 aliphatic carbocycles. The van der Waals surface area contributed by atoms with Crippen LogP contribution in [0.5, 0.6) is 11.5 Å². The summed E-state index contributed by atoms with van der Waals surface area (Å²) in [5, 5.41) is 7.36. The van der Waals surface area contributed by atoms with Crippen molar-refractivity contribution in [2.24, 2.45) is 0 Å². The molecule has 0 aromatic heterocycles. The Morgan fingerprint density at radius 1 is 0.683 bits per heavy atom. The lowest BCUT2D eigenvalue weighted by Crippen LogP contribution is -2.33. The van der Waals surface area contributed by atoms with E-state index in [9.17, 15) is 4.79 Å². The van der Waals surface area contributed by atoms with Crippen LogP contribution in [0, 0.1) is 13.8 Å². The first-order valence-corrected chi connectivity index (χ1v) is 14.0. The second-order valence-electron chi connectivity index (χ2n) is 10.6. The number of fused-ring (bicyclic) bond motifs is 6. The van der Waals surface area contributed by atoms with E-state index in [1.54, 1.807) is 0 Å². The number of carbonyl (C=O) groups is 1. The molecule has 41 heavy (non-hydrogen) atoms. The maximum atomic E-state index is 13.3. The molecule has 1 atom stereocenters. The number of rotatable bonds is 5. The van der Waals surface area contributed by atoms with Gasteiger partial charge in [-0.3, -0.25) is 0 Å². The van der Waals surface area contributed by atoms with Gasteiger partial charge < -0.3 is 20.1 Å². The molecule has 5 aromatic carbocycles. The quantitative estimate of drug-likeness (QED) is 0.219. The van der Waals surface area contributed by atoms with Crippen LogP contribution in [0.25, 0.3) is 0 Å².